The number of halogens is 2. The van der Waals surface area contributed by atoms with E-state index < -0.39 is 12.0 Å². The van der Waals surface area contributed by atoms with Gasteiger partial charge in [0.05, 0.1) is 6.61 Å². The van der Waals surface area contributed by atoms with Crippen LogP contribution in [0.2, 0.25) is 0 Å². The van der Waals surface area contributed by atoms with Crippen molar-refractivity contribution in [2.75, 3.05) is 6.61 Å². The molecule has 4 nitrogen and oxygen atoms in total. The quantitative estimate of drug-likeness (QED) is 0.866. The van der Waals surface area contributed by atoms with Gasteiger partial charge in [0.2, 0.25) is 12.5 Å². The molecule has 0 bridgehead atoms. The molecular formula is C16H20F2O4. The van der Waals surface area contributed by atoms with Crippen molar-refractivity contribution in [3.05, 3.63) is 36.5 Å². The Morgan fingerprint density at radius 1 is 1.23 bits per heavy atom. The van der Waals surface area contributed by atoms with Crippen LogP contribution in [-0.4, -0.2) is 30.0 Å². The molecule has 0 amide bonds. The van der Waals surface area contributed by atoms with Gasteiger partial charge in [0.15, 0.2) is 0 Å². The molecule has 3 rings (SSSR count). The van der Waals surface area contributed by atoms with Crippen molar-refractivity contribution < 1.29 is 28.1 Å². The second-order valence-corrected chi connectivity index (χ2v) is 6.02. The Morgan fingerprint density at radius 3 is 2.59 bits per heavy atom. The summed E-state index contributed by atoms with van der Waals surface area (Å²) < 4.78 is 43.3. The molecule has 1 heterocycles. The highest BCUT2D eigenvalue weighted by atomic mass is 19.2. The topological polar surface area (TPSA) is 47.9 Å². The first-order valence-corrected chi connectivity index (χ1v) is 7.60. The van der Waals surface area contributed by atoms with E-state index in [4.69, 9.17) is 14.2 Å². The number of aliphatic hydroxyl groups is 1. The average molecular weight is 314 g/mol. The van der Waals surface area contributed by atoms with Crippen molar-refractivity contribution in [2.24, 2.45) is 11.8 Å². The molecule has 0 spiro atoms. The number of ether oxygens (including phenoxy) is 3. The molecule has 2 aliphatic carbocycles. The molecule has 0 aromatic heterocycles. The zero-order chi connectivity index (χ0) is 15.6. The minimum atomic E-state index is -2.98. The number of alkyl halides is 2. The molecule has 0 aromatic rings. The van der Waals surface area contributed by atoms with Gasteiger partial charge in [0, 0.05) is 5.92 Å². The standard InChI is InChI=1S/C16H20F2O4/c17-14-13(2-1-7-16(14,18)19)22-10-11-3-5-12(6-4-11)15-20-8-9-21-15/h1-2,7-9,11-12,14-15,19H,3-6,10H2. The summed E-state index contributed by atoms with van der Waals surface area (Å²) in [7, 11) is 0. The first-order valence-electron chi connectivity index (χ1n) is 7.60. The van der Waals surface area contributed by atoms with Gasteiger partial charge in [-0.25, -0.2) is 8.78 Å². The fourth-order valence-electron chi connectivity index (χ4n) is 3.08. The van der Waals surface area contributed by atoms with E-state index in [2.05, 4.69) is 0 Å². The van der Waals surface area contributed by atoms with Gasteiger partial charge in [-0.15, -0.1) is 0 Å². The molecule has 6 heteroatoms. The lowest BCUT2D eigenvalue weighted by Gasteiger charge is -2.31. The number of rotatable bonds is 4. The van der Waals surface area contributed by atoms with E-state index in [1.165, 1.54) is 12.2 Å². The summed E-state index contributed by atoms with van der Waals surface area (Å²) in [5.41, 5.74) is 0. The normalized spacial score (nSPS) is 38.3. The van der Waals surface area contributed by atoms with Crippen molar-refractivity contribution in [2.45, 2.75) is 44.0 Å². The Hall–Kier alpha value is -1.56. The zero-order valence-electron chi connectivity index (χ0n) is 12.2. The van der Waals surface area contributed by atoms with Crippen LogP contribution in [0, 0.1) is 11.8 Å². The molecule has 1 fully saturated rings. The Bertz CT molecular complexity index is 471. The Labute approximate surface area is 128 Å². The lowest BCUT2D eigenvalue weighted by molar-refractivity contribution is -0.108. The van der Waals surface area contributed by atoms with Gasteiger partial charge in [0.25, 0.3) is 5.85 Å². The predicted molar refractivity (Wildman–Crippen MR) is 74.7 cm³/mol. The first-order chi connectivity index (χ1) is 10.6. The second-order valence-electron chi connectivity index (χ2n) is 6.02. The third-order valence-corrected chi connectivity index (χ3v) is 4.44. The van der Waals surface area contributed by atoms with E-state index in [9.17, 15) is 13.9 Å². The molecular weight excluding hydrogens is 294 g/mol. The van der Waals surface area contributed by atoms with Crippen LogP contribution in [0.3, 0.4) is 0 Å². The van der Waals surface area contributed by atoms with Crippen molar-refractivity contribution >= 4 is 0 Å². The van der Waals surface area contributed by atoms with E-state index in [0.29, 0.717) is 12.5 Å². The van der Waals surface area contributed by atoms with Gasteiger partial charge in [-0.1, -0.05) is 6.08 Å². The van der Waals surface area contributed by atoms with Crippen LogP contribution >= 0.6 is 0 Å². The number of hydrogen-bond acceptors (Lipinski definition) is 4. The summed E-state index contributed by atoms with van der Waals surface area (Å²) in [6.45, 7) is 0.327. The fraction of sp³-hybridized carbons (Fsp3) is 0.625. The van der Waals surface area contributed by atoms with Gasteiger partial charge in [-0.05, 0) is 43.8 Å². The van der Waals surface area contributed by atoms with Crippen molar-refractivity contribution in [1.82, 2.24) is 0 Å². The summed E-state index contributed by atoms with van der Waals surface area (Å²) in [5, 5.41) is 9.22. The van der Waals surface area contributed by atoms with Gasteiger partial charge >= 0.3 is 0 Å². The predicted octanol–water partition coefficient (Wildman–Crippen LogP) is 3.10. The Morgan fingerprint density at radius 2 is 1.91 bits per heavy atom. The summed E-state index contributed by atoms with van der Waals surface area (Å²) in [6, 6.07) is 0. The zero-order valence-corrected chi connectivity index (χ0v) is 12.2. The molecule has 0 radical (unpaired) electrons. The highest BCUT2D eigenvalue weighted by Gasteiger charge is 2.41. The van der Waals surface area contributed by atoms with Crippen molar-refractivity contribution in [3.8, 4) is 0 Å². The van der Waals surface area contributed by atoms with E-state index >= 15 is 0 Å². The second kappa shape index (κ2) is 6.28. The molecule has 1 aliphatic heterocycles. The molecule has 122 valence electrons. The van der Waals surface area contributed by atoms with Gasteiger partial charge in [0.1, 0.15) is 18.3 Å². The van der Waals surface area contributed by atoms with Gasteiger partial charge in [-0.2, -0.15) is 0 Å². The summed E-state index contributed by atoms with van der Waals surface area (Å²) >= 11 is 0. The smallest absolute Gasteiger partial charge is 0.265 e. The highest BCUT2D eigenvalue weighted by Crippen LogP contribution is 2.35. The van der Waals surface area contributed by atoms with Crippen LogP contribution < -0.4 is 0 Å². The van der Waals surface area contributed by atoms with Crippen LogP contribution in [0.15, 0.2) is 36.5 Å². The van der Waals surface area contributed by atoms with Crippen LogP contribution in [0.1, 0.15) is 25.7 Å². The molecule has 3 aliphatic rings. The number of allylic oxidation sites excluding steroid dienone is 2. The summed E-state index contributed by atoms with van der Waals surface area (Å²) in [6.07, 6.45) is 7.92. The summed E-state index contributed by atoms with van der Waals surface area (Å²) in [5.74, 6) is -2.49. The van der Waals surface area contributed by atoms with E-state index in [1.54, 1.807) is 12.5 Å². The third-order valence-electron chi connectivity index (χ3n) is 4.44. The maximum absolute atomic E-state index is 13.7. The Balaban J connectivity index is 1.44. The Kier molecular flexibility index (Phi) is 4.38. The van der Waals surface area contributed by atoms with Crippen molar-refractivity contribution in [1.29, 1.82) is 0 Å². The van der Waals surface area contributed by atoms with E-state index in [1.807, 2.05) is 0 Å². The number of hydrogen-bond donors (Lipinski definition) is 1. The molecule has 1 N–H and O–H groups in total. The molecule has 1 saturated carbocycles. The van der Waals surface area contributed by atoms with Gasteiger partial charge in [-0.3, -0.25) is 0 Å². The lowest BCUT2D eigenvalue weighted by atomic mass is 9.82. The maximum Gasteiger partial charge on any atom is 0.265 e. The SMILES string of the molecule is OC1(F)C=CC=C(OCC2CCC(C3OC=CO3)CC2)C1F. The van der Waals surface area contributed by atoms with E-state index in [-0.39, 0.29) is 18.0 Å². The fourth-order valence-corrected chi connectivity index (χ4v) is 3.08. The van der Waals surface area contributed by atoms with Crippen LogP contribution in [0.4, 0.5) is 8.78 Å². The van der Waals surface area contributed by atoms with Crippen molar-refractivity contribution in [3.63, 3.8) is 0 Å². The summed E-state index contributed by atoms with van der Waals surface area (Å²) in [4.78, 5) is 0. The van der Waals surface area contributed by atoms with Crippen LogP contribution in [-0.2, 0) is 14.2 Å². The van der Waals surface area contributed by atoms with Crippen LogP contribution in [0.5, 0.6) is 0 Å². The van der Waals surface area contributed by atoms with Gasteiger partial charge < -0.3 is 19.3 Å². The van der Waals surface area contributed by atoms with Crippen LogP contribution in [0.25, 0.3) is 0 Å². The monoisotopic (exact) mass is 314 g/mol. The maximum atomic E-state index is 13.7. The molecule has 0 aromatic carbocycles. The lowest BCUT2D eigenvalue weighted by Crippen LogP contribution is -2.37. The molecule has 2 unspecified atom stereocenters. The molecule has 2 atom stereocenters. The first kappa shape index (κ1) is 15.3. The molecule has 0 saturated heterocycles. The minimum absolute atomic E-state index is 0.152. The average Bonchev–Trinajstić information content (AvgIpc) is 3.04. The third kappa shape index (κ3) is 3.27. The van der Waals surface area contributed by atoms with E-state index in [0.717, 1.165) is 31.8 Å². The highest BCUT2D eigenvalue weighted by molar-refractivity contribution is 5.24. The molecule has 22 heavy (non-hydrogen) atoms. The largest absolute Gasteiger partial charge is 0.494 e. The minimum Gasteiger partial charge on any atom is -0.494 e.